The first kappa shape index (κ1) is 24.7. The van der Waals surface area contributed by atoms with Crippen LogP contribution in [0, 0.1) is 0 Å². The first-order valence-electron chi connectivity index (χ1n) is 10.6. The second kappa shape index (κ2) is 9.93. The maximum absolute atomic E-state index is 11.0. The zero-order chi connectivity index (χ0) is 22.9. The van der Waals surface area contributed by atoms with Crippen LogP contribution in [0.2, 0.25) is 0 Å². The van der Waals surface area contributed by atoms with Gasteiger partial charge in [-0.05, 0) is 32.9 Å². The predicted octanol–water partition coefficient (Wildman–Crippen LogP) is -3.85. The Kier molecular flexibility index (Phi) is 7.92. The highest BCUT2D eigenvalue weighted by Gasteiger charge is 2.50. The largest absolute Gasteiger partial charge is 0.467 e. The van der Waals surface area contributed by atoms with Crippen LogP contribution in [0.25, 0.3) is 0 Å². The monoisotopic (exact) mass is 447 g/mol. The van der Waals surface area contributed by atoms with Gasteiger partial charge in [0.2, 0.25) is 6.29 Å². The van der Waals surface area contributed by atoms with Gasteiger partial charge in [-0.1, -0.05) is 0 Å². The molecule has 0 spiro atoms. The molecule has 3 aliphatic rings. The standard InChI is InChI=1S/C19H37N5O7/c1-19(27)7-28-18(13(26)16(19)24-2)31-15-11(23)5-10(22)14(12(15)25)30-17-9(21)4-3-8(6-20)29-17/h3,9-18,24-27H,4-7,20-23H2,1-2H3/t9-,10-,11+,12+,13-,14+,15-,16+,17-,18+,19-/m1/s1. The fourth-order valence-electron chi connectivity index (χ4n) is 4.44. The van der Waals surface area contributed by atoms with Crippen molar-refractivity contribution >= 4 is 0 Å². The summed E-state index contributed by atoms with van der Waals surface area (Å²) in [5.74, 6) is 0.555. The van der Waals surface area contributed by atoms with Crippen LogP contribution in [-0.2, 0) is 18.9 Å². The lowest BCUT2D eigenvalue weighted by molar-refractivity contribution is -0.303. The van der Waals surface area contributed by atoms with Crippen molar-refractivity contribution < 1.29 is 34.3 Å². The zero-order valence-electron chi connectivity index (χ0n) is 18.0. The third-order valence-corrected chi connectivity index (χ3v) is 6.22. The van der Waals surface area contributed by atoms with E-state index < -0.39 is 66.8 Å². The molecular formula is C19H37N5O7. The lowest BCUT2D eigenvalue weighted by Crippen LogP contribution is -2.68. The SMILES string of the molecule is CN[C@H]1[C@@H](O)[C@H](O[C@H]2[C@@H](O)[C@@H](O[C@H]3OC(CN)=CC[C@H]3N)[C@H](N)C[C@@H]2N)OC[C@@]1(C)O. The summed E-state index contributed by atoms with van der Waals surface area (Å²) in [6.07, 6.45) is -3.56. The van der Waals surface area contributed by atoms with E-state index >= 15 is 0 Å². The van der Waals surface area contributed by atoms with Crippen molar-refractivity contribution in [2.24, 2.45) is 22.9 Å². The molecule has 0 unspecified atom stereocenters. The van der Waals surface area contributed by atoms with Crippen LogP contribution >= 0.6 is 0 Å². The number of nitrogens with one attached hydrogen (secondary N) is 1. The molecule has 1 saturated carbocycles. The quantitative estimate of drug-likeness (QED) is 0.196. The predicted molar refractivity (Wildman–Crippen MR) is 110 cm³/mol. The molecule has 1 aliphatic carbocycles. The third kappa shape index (κ3) is 5.20. The van der Waals surface area contributed by atoms with Gasteiger partial charge in [-0.15, -0.1) is 0 Å². The minimum atomic E-state index is -1.29. The van der Waals surface area contributed by atoms with E-state index in [0.29, 0.717) is 18.6 Å². The molecule has 2 heterocycles. The fraction of sp³-hybridized carbons (Fsp3) is 0.895. The highest BCUT2D eigenvalue weighted by Crippen LogP contribution is 2.31. The minimum absolute atomic E-state index is 0.0727. The van der Waals surface area contributed by atoms with Crippen molar-refractivity contribution in [3.63, 3.8) is 0 Å². The molecule has 31 heavy (non-hydrogen) atoms. The normalized spacial score (nSPS) is 48.7. The lowest BCUT2D eigenvalue weighted by atomic mass is 9.84. The van der Waals surface area contributed by atoms with Crippen LogP contribution in [0.1, 0.15) is 19.8 Å². The van der Waals surface area contributed by atoms with Gasteiger partial charge < -0.3 is 62.5 Å². The third-order valence-electron chi connectivity index (χ3n) is 6.22. The Morgan fingerprint density at radius 2 is 1.71 bits per heavy atom. The van der Waals surface area contributed by atoms with E-state index in [-0.39, 0.29) is 13.2 Å². The number of aliphatic hydroxyl groups excluding tert-OH is 2. The van der Waals surface area contributed by atoms with E-state index in [1.807, 2.05) is 0 Å². The number of nitrogens with two attached hydrogens (primary N) is 4. The van der Waals surface area contributed by atoms with Gasteiger partial charge in [0, 0.05) is 12.1 Å². The summed E-state index contributed by atoms with van der Waals surface area (Å²) < 4.78 is 23.1. The first-order chi connectivity index (χ1) is 14.6. The summed E-state index contributed by atoms with van der Waals surface area (Å²) in [6.45, 7) is 1.68. The molecule has 0 bridgehead atoms. The van der Waals surface area contributed by atoms with Gasteiger partial charge in [0.05, 0.1) is 25.2 Å². The highest BCUT2D eigenvalue weighted by molar-refractivity contribution is 5.04. The number of aliphatic hydroxyl groups is 3. The van der Waals surface area contributed by atoms with E-state index in [9.17, 15) is 15.3 Å². The van der Waals surface area contributed by atoms with Crippen LogP contribution < -0.4 is 28.3 Å². The van der Waals surface area contributed by atoms with Gasteiger partial charge in [0.1, 0.15) is 35.8 Å². The Morgan fingerprint density at radius 1 is 1.10 bits per heavy atom. The van der Waals surface area contributed by atoms with E-state index in [2.05, 4.69) is 5.32 Å². The average molecular weight is 448 g/mol. The second-order valence-electron chi connectivity index (χ2n) is 8.81. The highest BCUT2D eigenvalue weighted by atomic mass is 16.7. The van der Waals surface area contributed by atoms with Gasteiger partial charge >= 0.3 is 0 Å². The van der Waals surface area contributed by atoms with E-state index in [1.54, 1.807) is 20.0 Å². The van der Waals surface area contributed by atoms with Gasteiger partial charge in [-0.3, -0.25) is 0 Å². The van der Waals surface area contributed by atoms with Crippen molar-refractivity contribution in [2.75, 3.05) is 20.2 Å². The first-order valence-corrected chi connectivity index (χ1v) is 10.6. The summed E-state index contributed by atoms with van der Waals surface area (Å²) >= 11 is 0. The molecule has 180 valence electrons. The van der Waals surface area contributed by atoms with Crippen molar-refractivity contribution in [2.45, 2.75) is 86.5 Å². The molecule has 0 aromatic carbocycles. The van der Waals surface area contributed by atoms with Crippen LogP contribution in [0.3, 0.4) is 0 Å². The van der Waals surface area contributed by atoms with E-state index in [4.69, 9.17) is 41.9 Å². The Morgan fingerprint density at radius 3 is 2.29 bits per heavy atom. The summed E-state index contributed by atoms with van der Waals surface area (Å²) in [5.41, 5.74) is 22.9. The molecule has 2 aliphatic heterocycles. The summed E-state index contributed by atoms with van der Waals surface area (Å²) in [7, 11) is 1.62. The topological polar surface area (TPSA) is 214 Å². The number of likely N-dealkylation sites (N-methyl/N-ethyl adjacent to an activating group) is 1. The molecule has 0 aromatic rings. The zero-order valence-corrected chi connectivity index (χ0v) is 18.0. The lowest BCUT2D eigenvalue weighted by Gasteiger charge is -2.48. The van der Waals surface area contributed by atoms with Gasteiger partial charge in [-0.2, -0.15) is 0 Å². The van der Waals surface area contributed by atoms with Crippen molar-refractivity contribution in [3.8, 4) is 0 Å². The second-order valence-corrected chi connectivity index (χ2v) is 8.81. The number of hydrogen-bond donors (Lipinski definition) is 8. The number of rotatable bonds is 6. The smallest absolute Gasteiger partial charge is 0.215 e. The van der Waals surface area contributed by atoms with Crippen LogP contribution in [0.5, 0.6) is 0 Å². The number of ether oxygens (including phenoxy) is 4. The van der Waals surface area contributed by atoms with Crippen molar-refractivity contribution in [1.82, 2.24) is 5.32 Å². The molecule has 12 nitrogen and oxygen atoms in total. The molecule has 12 N–H and O–H groups in total. The van der Waals surface area contributed by atoms with Crippen molar-refractivity contribution in [1.29, 1.82) is 0 Å². The maximum Gasteiger partial charge on any atom is 0.215 e. The van der Waals surface area contributed by atoms with Gasteiger partial charge in [-0.25, -0.2) is 0 Å². The van der Waals surface area contributed by atoms with Crippen LogP contribution in [0.4, 0.5) is 0 Å². The molecule has 0 aromatic heterocycles. The summed E-state index contributed by atoms with van der Waals surface area (Å²) in [5, 5.41) is 34.9. The molecule has 0 amide bonds. The average Bonchev–Trinajstić information content (AvgIpc) is 2.71. The Balaban J connectivity index is 1.69. The summed E-state index contributed by atoms with van der Waals surface area (Å²) in [4.78, 5) is 0. The Hall–Kier alpha value is -0.900. The molecular weight excluding hydrogens is 410 g/mol. The maximum atomic E-state index is 11.0. The van der Waals surface area contributed by atoms with Crippen LogP contribution in [0.15, 0.2) is 11.8 Å². The Bertz CT molecular complexity index is 639. The van der Waals surface area contributed by atoms with Gasteiger partial charge in [0.25, 0.3) is 0 Å². The molecule has 2 fully saturated rings. The number of hydrogen-bond acceptors (Lipinski definition) is 12. The van der Waals surface area contributed by atoms with Crippen molar-refractivity contribution in [3.05, 3.63) is 11.8 Å². The molecule has 11 atom stereocenters. The Labute approximate surface area is 181 Å². The summed E-state index contributed by atoms with van der Waals surface area (Å²) in [6, 6.07) is -2.37. The van der Waals surface area contributed by atoms with Gasteiger partial charge in [0.15, 0.2) is 6.29 Å². The minimum Gasteiger partial charge on any atom is -0.467 e. The molecule has 12 heteroatoms. The fourth-order valence-corrected chi connectivity index (χ4v) is 4.44. The van der Waals surface area contributed by atoms with Crippen LogP contribution in [-0.4, -0.2) is 102 Å². The molecule has 0 radical (unpaired) electrons. The molecule has 3 rings (SSSR count). The molecule has 1 saturated heterocycles. The van der Waals surface area contributed by atoms with E-state index in [0.717, 1.165) is 0 Å². The van der Waals surface area contributed by atoms with E-state index in [1.165, 1.54) is 0 Å².